The van der Waals surface area contributed by atoms with Crippen molar-refractivity contribution >= 4 is 22.9 Å². The molecule has 0 fully saturated rings. The fourth-order valence-electron chi connectivity index (χ4n) is 4.95. The lowest BCUT2D eigenvalue weighted by molar-refractivity contribution is -0.128. The molecule has 2 aliphatic heterocycles. The molecule has 0 saturated heterocycles. The quantitative estimate of drug-likeness (QED) is 0.438. The molecular formula is C28H24N2O3. The molecule has 0 aliphatic carbocycles. The van der Waals surface area contributed by atoms with Crippen LogP contribution in [0, 0.1) is 6.92 Å². The highest BCUT2D eigenvalue weighted by atomic mass is 16.7. The number of benzene rings is 3. The van der Waals surface area contributed by atoms with Crippen LogP contribution in [0.4, 0.5) is 0 Å². The molecule has 2 aliphatic rings. The maximum Gasteiger partial charge on any atom is 0.247 e. The molecule has 3 aromatic carbocycles. The molecule has 6 rings (SSSR count). The van der Waals surface area contributed by atoms with Gasteiger partial charge in [0.15, 0.2) is 11.5 Å². The Morgan fingerprint density at radius 1 is 1.03 bits per heavy atom. The maximum absolute atomic E-state index is 13.5. The molecule has 0 spiro atoms. The zero-order valence-electron chi connectivity index (χ0n) is 18.4. The summed E-state index contributed by atoms with van der Waals surface area (Å²) in [6.45, 7) is 2.92. The summed E-state index contributed by atoms with van der Waals surface area (Å²) in [4.78, 5) is 19.0. The van der Waals surface area contributed by atoms with E-state index in [0.29, 0.717) is 6.54 Å². The fourth-order valence-corrected chi connectivity index (χ4v) is 4.95. The lowest BCUT2D eigenvalue weighted by Gasteiger charge is -2.35. The minimum Gasteiger partial charge on any atom is -0.454 e. The van der Waals surface area contributed by atoms with Crippen LogP contribution in [-0.2, 0) is 11.2 Å². The van der Waals surface area contributed by atoms with Gasteiger partial charge in [-0.1, -0.05) is 54.1 Å². The van der Waals surface area contributed by atoms with Crippen molar-refractivity contribution in [3.05, 3.63) is 101 Å². The Hall–Kier alpha value is -3.99. The average molecular weight is 437 g/mol. The zero-order valence-corrected chi connectivity index (χ0v) is 18.4. The highest BCUT2D eigenvalue weighted by Crippen LogP contribution is 2.42. The van der Waals surface area contributed by atoms with Gasteiger partial charge in [-0.05, 0) is 54.3 Å². The number of ether oxygens (including phenoxy) is 2. The number of hydrogen-bond donors (Lipinski definition) is 1. The minimum atomic E-state index is -0.231. The van der Waals surface area contributed by atoms with Crippen LogP contribution >= 0.6 is 0 Å². The summed E-state index contributed by atoms with van der Waals surface area (Å²) >= 11 is 0. The van der Waals surface area contributed by atoms with Gasteiger partial charge in [-0.25, -0.2) is 0 Å². The Bertz CT molecular complexity index is 1400. The summed E-state index contributed by atoms with van der Waals surface area (Å²) in [5, 5.41) is 1.22. The Labute approximate surface area is 192 Å². The lowest BCUT2D eigenvalue weighted by Crippen LogP contribution is -2.39. The first-order valence-corrected chi connectivity index (χ1v) is 11.2. The number of aryl methyl sites for hydroxylation is 1. The fraction of sp³-hybridized carbons (Fsp3) is 0.179. The van der Waals surface area contributed by atoms with Gasteiger partial charge in [0, 0.05) is 29.2 Å². The second-order valence-electron chi connectivity index (χ2n) is 8.61. The van der Waals surface area contributed by atoms with Gasteiger partial charge < -0.3 is 19.4 Å². The van der Waals surface area contributed by atoms with E-state index in [1.807, 2.05) is 47.4 Å². The van der Waals surface area contributed by atoms with Gasteiger partial charge in [-0.2, -0.15) is 0 Å². The van der Waals surface area contributed by atoms with Crippen LogP contribution < -0.4 is 9.47 Å². The van der Waals surface area contributed by atoms with Gasteiger partial charge in [0.1, 0.15) is 0 Å². The van der Waals surface area contributed by atoms with E-state index >= 15 is 0 Å². The van der Waals surface area contributed by atoms with Crippen molar-refractivity contribution < 1.29 is 14.3 Å². The van der Waals surface area contributed by atoms with E-state index in [0.717, 1.165) is 40.3 Å². The molecule has 1 unspecified atom stereocenters. The van der Waals surface area contributed by atoms with Crippen LogP contribution in [0.1, 0.15) is 34.0 Å². The summed E-state index contributed by atoms with van der Waals surface area (Å²) in [6.07, 6.45) is 4.39. The first kappa shape index (κ1) is 19.7. The molecule has 1 amide bonds. The third kappa shape index (κ3) is 3.46. The number of nitrogens with one attached hydrogen (secondary N) is 1. The van der Waals surface area contributed by atoms with E-state index in [1.54, 1.807) is 6.08 Å². The number of hydrogen-bond acceptors (Lipinski definition) is 3. The van der Waals surface area contributed by atoms with E-state index in [1.165, 1.54) is 16.5 Å². The van der Waals surface area contributed by atoms with Crippen molar-refractivity contribution in [1.82, 2.24) is 9.88 Å². The standard InChI is InChI=1S/C28H24N2O3/c1-18-5-4-6-19(15-18)9-12-26(31)30-14-13-22-21-7-2-3-8-23(21)29-27(22)28(30)20-10-11-24-25(16-20)33-17-32-24/h2-12,15-16,28-29H,13-14,17H2,1H3/b12-9+. The smallest absolute Gasteiger partial charge is 0.247 e. The number of para-hydroxylation sites is 1. The number of carbonyl (C=O) groups is 1. The minimum absolute atomic E-state index is 0.0107. The Kier molecular flexibility index (Phi) is 4.68. The van der Waals surface area contributed by atoms with E-state index in [-0.39, 0.29) is 18.7 Å². The van der Waals surface area contributed by atoms with Gasteiger partial charge in [-0.15, -0.1) is 0 Å². The summed E-state index contributed by atoms with van der Waals surface area (Å²) in [7, 11) is 0. The Morgan fingerprint density at radius 2 is 1.91 bits per heavy atom. The summed E-state index contributed by atoms with van der Waals surface area (Å²) in [5.41, 5.74) is 6.63. The largest absolute Gasteiger partial charge is 0.454 e. The molecule has 164 valence electrons. The van der Waals surface area contributed by atoms with Crippen molar-refractivity contribution in [3.63, 3.8) is 0 Å². The molecule has 0 saturated carbocycles. The van der Waals surface area contributed by atoms with Crippen LogP contribution in [0.3, 0.4) is 0 Å². The monoisotopic (exact) mass is 436 g/mol. The van der Waals surface area contributed by atoms with Crippen molar-refractivity contribution in [1.29, 1.82) is 0 Å². The van der Waals surface area contributed by atoms with E-state index < -0.39 is 0 Å². The van der Waals surface area contributed by atoms with E-state index in [9.17, 15) is 4.79 Å². The molecule has 1 atom stereocenters. The molecular weight excluding hydrogens is 412 g/mol. The summed E-state index contributed by atoms with van der Waals surface area (Å²) < 4.78 is 11.1. The SMILES string of the molecule is Cc1cccc(/C=C/C(=O)N2CCc3c([nH]c4ccccc34)C2c2ccc3c(c2)OCO3)c1. The molecule has 1 N–H and O–H groups in total. The van der Waals surface area contributed by atoms with Gasteiger partial charge in [-0.3, -0.25) is 4.79 Å². The molecule has 5 heteroatoms. The van der Waals surface area contributed by atoms with Crippen molar-refractivity contribution in [3.8, 4) is 11.5 Å². The number of amides is 1. The molecule has 0 bridgehead atoms. The third-order valence-electron chi connectivity index (χ3n) is 6.49. The van der Waals surface area contributed by atoms with Crippen LogP contribution in [0.2, 0.25) is 0 Å². The van der Waals surface area contributed by atoms with Crippen molar-refractivity contribution in [2.45, 2.75) is 19.4 Å². The van der Waals surface area contributed by atoms with Crippen LogP contribution in [0.5, 0.6) is 11.5 Å². The van der Waals surface area contributed by atoms with E-state index in [2.05, 4.69) is 42.2 Å². The number of aromatic nitrogens is 1. The number of H-pyrrole nitrogens is 1. The highest BCUT2D eigenvalue weighted by molar-refractivity contribution is 5.93. The second-order valence-corrected chi connectivity index (χ2v) is 8.61. The number of fused-ring (bicyclic) bond motifs is 4. The van der Waals surface area contributed by atoms with Crippen molar-refractivity contribution in [2.24, 2.45) is 0 Å². The van der Waals surface area contributed by atoms with Crippen molar-refractivity contribution in [2.75, 3.05) is 13.3 Å². The van der Waals surface area contributed by atoms with E-state index in [4.69, 9.17) is 9.47 Å². The number of carbonyl (C=O) groups excluding carboxylic acids is 1. The molecule has 3 heterocycles. The topological polar surface area (TPSA) is 54.6 Å². The lowest BCUT2D eigenvalue weighted by atomic mass is 9.92. The maximum atomic E-state index is 13.5. The number of aromatic amines is 1. The van der Waals surface area contributed by atoms with Crippen LogP contribution in [0.15, 0.2) is 72.8 Å². The highest BCUT2D eigenvalue weighted by Gasteiger charge is 2.34. The van der Waals surface area contributed by atoms with Gasteiger partial charge >= 0.3 is 0 Å². The molecule has 5 nitrogen and oxygen atoms in total. The first-order valence-electron chi connectivity index (χ1n) is 11.2. The van der Waals surface area contributed by atoms with Crippen LogP contribution in [-0.4, -0.2) is 29.1 Å². The molecule has 0 radical (unpaired) electrons. The normalized spacial score (nSPS) is 17.0. The van der Waals surface area contributed by atoms with Gasteiger partial charge in [0.25, 0.3) is 0 Å². The first-order chi connectivity index (χ1) is 16.2. The number of rotatable bonds is 3. The Morgan fingerprint density at radius 3 is 2.82 bits per heavy atom. The van der Waals surface area contributed by atoms with Crippen LogP contribution in [0.25, 0.3) is 17.0 Å². The molecule has 1 aromatic heterocycles. The summed E-state index contributed by atoms with van der Waals surface area (Å²) in [5.74, 6) is 1.45. The Balaban J connectivity index is 1.42. The van der Waals surface area contributed by atoms with Gasteiger partial charge in [0.2, 0.25) is 12.7 Å². The molecule has 4 aromatic rings. The molecule has 33 heavy (non-hydrogen) atoms. The number of nitrogens with zero attached hydrogens (tertiary/aromatic N) is 1. The predicted molar refractivity (Wildman–Crippen MR) is 128 cm³/mol. The second kappa shape index (κ2) is 7.85. The average Bonchev–Trinajstić information content (AvgIpc) is 3.46. The third-order valence-corrected chi connectivity index (χ3v) is 6.49. The zero-order chi connectivity index (χ0) is 22.4. The van der Waals surface area contributed by atoms with Gasteiger partial charge in [0.05, 0.1) is 6.04 Å². The predicted octanol–water partition coefficient (Wildman–Crippen LogP) is 5.39. The summed E-state index contributed by atoms with van der Waals surface area (Å²) in [6, 6.07) is 22.2.